The van der Waals surface area contributed by atoms with Gasteiger partial charge in [0.1, 0.15) is 0 Å². The minimum Gasteiger partial charge on any atom is -0.383 e. The lowest BCUT2D eigenvalue weighted by molar-refractivity contribution is 0.166. The van der Waals surface area contributed by atoms with E-state index in [1.54, 1.807) is 18.4 Å². The molecule has 0 bridgehead atoms. The fraction of sp³-hybridized carbons (Fsp3) is 0.583. The molecule has 2 heterocycles. The van der Waals surface area contributed by atoms with E-state index in [4.69, 9.17) is 4.74 Å². The molecule has 4 nitrogen and oxygen atoms in total. The Morgan fingerprint density at radius 3 is 3.18 bits per heavy atom. The first kappa shape index (κ1) is 12.5. The van der Waals surface area contributed by atoms with Crippen LogP contribution in [0.5, 0.6) is 0 Å². The van der Waals surface area contributed by atoms with Crippen LogP contribution in [0.4, 0.5) is 0 Å². The van der Waals surface area contributed by atoms with E-state index in [0.29, 0.717) is 6.04 Å². The molecule has 1 unspecified atom stereocenters. The molecule has 0 spiro atoms. The monoisotopic (exact) mass is 253 g/mol. The molecule has 0 amide bonds. The lowest BCUT2D eigenvalue weighted by Crippen LogP contribution is -2.35. The van der Waals surface area contributed by atoms with E-state index in [2.05, 4.69) is 27.8 Å². The normalized spacial score (nSPS) is 13.3. The molecule has 0 saturated heterocycles. The van der Waals surface area contributed by atoms with Crippen LogP contribution in [0.25, 0.3) is 4.96 Å². The van der Waals surface area contributed by atoms with Gasteiger partial charge in [-0.25, -0.2) is 4.98 Å². The van der Waals surface area contributed by atoms with Crippen molar-refractivity contribution in [3.8, 4) is 0 Å². The molecular weight excluding hydrogens is 234 g/mol. The Bertz CT molecular complexity index is 423. The first-order chi connectivity index (χ1) is 8.33. The summed E-state index contributed by atoms with van der Waals surface area (Å²) in [6, 6.07) is 0.351. The number of aromatic nitrogens is 2. The Morgan fingerprint density at radius 2 is 2.47 bits per heavy atom. The number of methoxy groups -OCH3 is 1. The molecule has 2 aromatic heterocycles. The van der Waals surface area contributed by atoms with Crippen LogP contribution in [-0.2, 0) is 11.2 Å². The van der Waals surface area contributed by atoms with Crippen LogP contribution in [0.3, 0.4) is 0 Å². The predicted molar refractivity (Wildman–Crippen MR) is 70.7 cm³/mol. The number of thiazole rings is 1. The van der Waals surface area contributed by atoms with Crippen LogP contribution in [0.15, 0.2) is 17.8 Å². The molecule has 0 aliphatic carbocycles. The number of ether oxygens (including phenoxy) is 1. The summed E-state index contributed by atoms with van der Waals surface area (Å²) < 4.78 is 7.31. The average molecular weight is 253 g/mol. The summed E-state index contributed by atoms with van der Waals surface area (Å²) in [7, 11) is 1.74. The molecule has 0 radical (unpaired) electrons. The minimum absolute atomic E-state index is 0.351. The predicted octanol–water partition coefficient (Wildman–Crippen LogP) is 1.95. The second-order valence-electron chi connectivity index (χ2n) is 4.14. The van der Waals surface area contributed by atoms with Gasteiger partial charge in [0, 0.05) is 37.3 Å². The zero-order valence-corrected chi connectivity index (χ0v) is 11.2. The lowest BCUT2D eigenvalue weighted by atomic mass is 10.2. The van der Waals surface area contributed by atoms with E-state index in [-0.39, 0.29) is 0 Å². The number of hydrogen-bond acceptors (Lipinski definition) is 4. The van der Waals surface area contributed by atoms with Crippen molar-refractivity contribution in [2.75, 3.05) is 20.3 Å². The Kier molecular flexibility index (Phi) is 4.53. The summed E-state index contributed by atoms with van der Waals surface area (Å²) in [4.78, 5) is 5.65. The third kappa shape index (κ3) is 3.28. The first-order valence-electron chi connectivity index (χ1n) is 5.97. The Labute approximate surface area is 106 Å². The van der Waals surface area contributed by atoms with Gasteiger partial charge in [0.15, 0.2) is 4.96 Å². The lowest BCUT2D eigenvalue weighted by Gasteiger charge is -2.16. The number of imidazole rings is 1. The summed E-state index contributed by atoms with van der Waals surface area (Å²) in [6.45, 7) is 3.92. The Hall–Kier alpha value is -0.910. The highest BCUT2D eigenvalue weighted by Gasteiger charge is 2.11. The number of fused-ring (bicyclic) bond motifs is 1. The van der Waals surface area contributed by atoms with Crippen LogP contribution in [-0.4, -0.2) is 35.7 Å². The maximum Gasteiger partial charge on any atom is 0.193 e. The van der Waals surface area contributed by atoms with Gasteiger partial charge in [0.05, 0.1) is 12.3 Å². The molecule has 5 heteroatoms. The van der Waals surface area contributed by atoms with Crippen LogP contribution < -0.4 is 5.32 Å². The number of hydrogen-bond donors (Lipinski definition) is 1. The van der Waals surface area contributed by atoms with Gasteiger partial charge in [-0.05, 0) is 13.0 Å². The SMILES string of the molecule is CCCNC(COC)Cc1cn2ccsc2n1. The van der Waals surface area contributed by atoms with Crippen molar-refractivity contribution < 1.29 is 4.74 Å². The van der Waals surface area contributed by atoms with Crippen molar-refractivity contribution >= 4 is 16.3 Å². The molecule has 94 valence electrons. The second kappa shape index (κ2) is 6.14. The van der Waals surface area contributed by atoms with Crippen LogP contribution in [0.1, 0.15) is 19.0 Å². The van der Waals surface area contributed by atoms with E-state index in [1.165, 1.54) is 0 Å². The zero-order chi connectivity index (χ0) is 12.1. The van der Waals surface area contributed by atoms with E-state index < -0.39 is 0 Å². The molecule has 1 N–H and O–H groups in total. The van der Waals surface area contributed by atoms with Crippen molar-refractivity contribution in [3.63, 3.8) is 0 Å². The van der Waals surface area contributed by atoms with Crippen LogP contribution >= 0.6 is 11.3 Å². The van der Waals surface area contributed by atoms with Gasteiger partial charge in [-0.1, -0.05) is 6.92 Å². The second-order valence-corrected chi connectivity index (χ2v) is 5.01. The molecule has 0 aliphatic rings. The standard InChI is InChI=1S/C12H19N3OS/c1-3-4-13-11(9-16-2)7-10-8-15-5-6-17-12(15)14-10/h5-6,8,11,13H,3-4,7,9H2,1-2H3. The van der Waals surface area contributed by atoms with Crippen LogP contribution in [0.2, 0.25) is 0 Å². The molecule has 0 aromatic carbocycles. The maximum atomic E-state index is 5.23. The fourth-order valence-corrected chi connectivity index (χ4v) is 2.59. The molecule has 0 fully saturated rings. The maximum absolute atomic E-state index is 5.23. The van der Waals surface area contributed by atoms with Gasteiger partial charge in [0.25, 0.3) is 0 Å². The van der Waals surface area contributed by atoms with Crippen molar-refractivity contribution in [1.82, 2.24) is 14.7 Å². The van der Waals surface area contributed by atoms with E-state index >= 15 is 0 Å². The van der Waals surface area contributed by atoms with Crippen molar-refractivity contribution in [2.45, 2.75) is 25.8 Å². The molecular formula is C12H19N3OS. The summed E-state index contributed by atoms with van der Waals surface area (Å²) in [5, 5.41) is 5.53. The number of nitrogens with one attached hydrogen (secondary N) is 1. The van der Waals surface area contributed by atoms with Gasteiger partial charge in [-0.3, -0.25) is 4.40 Å². The van der Waals surface area contributed by atoms with Crippen molar-refractivity contribution in [1.29, 1.82) is 0 Å². The topological polar surface area (TPSA) is 38.6 Å². The highest BCUT2D eigenvalue weighted by molar-refractivity contribution is 7.15. The van der Waals surface area contributed by atoms with Gasteiger partial charge in [-0.15, -0.1) is 11.3 Å². The third-order valence-electron chi connectivity index (χ3n) is 2.65. The largest absolute Gasteiger partial charge is 0.383 e. The zero-order valence-electron chi connectivity index (χ0n) is 10.3. The highest BCUT2D eigenvalue weighted by Crippen LogP contribution is 2.12. The minimum atomic E-state index is 0.351. The molecule has 0 aliphatic heterocycles. The smallest absolute Gasteiger partial charge is 0.193 e. The molecule has 17 heavy (non-hydrogen) atoms. The van der Waals surface area contributed by atoms with Crippen molar-refractivity contribution in [2.24, 2.45) is 0 Å². The fourth-order valence-electron chi connectivity index (χ4n) is 1.87. The summed E-state index contributed by atoms with van der Waals surface area (Å²) >= 11 is 1.67. The first-order valence-corrected chi connectivity index (χ1v) is 6.85. The molecule has 2 rings (SSSR count). The van der Waals surface area contributed by atoms with Gasteiger partial charge < -0.3 is 10.1 Å². The van der Waals surface area contributed by atoms with E-state index in [0.717, 1.165) is 36.6 Å². The quantitative estimate of drug-likeness (QED) is 0.819. The Morgan fingerprint density at radius 1 is 1.59 bits per heavy atom. The summed E-state index contributed by atoms with van der Waals surface area (Å²) in [5.74, 6) is 0. The molecule has 2 aromatic rings. The number of rotatable bonds is 7. The van der Waals surface area contributed by atoms with Gasteiger partial charge in [0.2, 0.25) is 0 Å². The average Bonchev–Trinajstić information content (AvgIpc) is 2.86. The molecule has 0 saturated carbocycles. The Balaban J connectivity index is 1.98. The highest BCUT2D eigenvalue weighted by atomic mass is 32.1. The van der Waals surface area contributed by atoms with Gasteiger partial charge >= 0.3 is 0 Å². The summed E-state index contributed by atoms with van der Waals surface area (Å²) in [5.41, 5.74) is 1.13. The molecule has 1 atom stereocenters. The third-order valence-corrected chi connectivity index (χ3v) is 3.42. The van der Waals surface area contributed by atoms with E-state index in [1.807, 2.05) is 11.6 Å². The van der Waals surface area contributed by atoms with Crippen molar-refractivity contribution in [3.05, 3.63) is 23.5 Å². The van der Waals surface area contributed by atoms with Crippen LogP contribution in [0, 0.1) is 0 Å². The summed E-state index contributed by atoms with van der Waals surface area (Å²) in [6.07, 6.45) is 6.20. The van der Waals surface area contributed by atoms with Gasteiger partial charge in [-0.2, -0.15) is 0 Å². The van der Waals surface area contributed by atoms with E-state index in [9.17, 15) is 0 Å². The number of nitrogens with zero attached hydrogens (tertiary/aromatic N) is 2.